The molecule has 0 aromatic rings. The topological polar surface area (TPSA) is 47.9 Å². The second-order valence-electron chi connectivity index (χ2n) is 2.07. The van der Waals surface area contributed by atoms with Crippen LogP contribution in [0.15, 0.2) is 12.5 Å². The Morgan fingerprint density at radius 2 is 1.62 bits per heavy atom. The van der Waals surface area contributed by atoms with Gasteiger partial charge in [-0.1, -0.05) is 15.9 Å². The molecule has 13 heavy (non-hydrogen) atoms. The van der Waals surface area contributed by atoms with Gasteiger partial charge < -0.3 is 19.3 Å². The lowest BCUT2D eigenvalue weighted by molar-refractivity contribution is 0.0345. The molecule has 0 saturated heterocycles. The van der Waals surface area contributed by atoms with Crippen molar-refractivity contribution in [3.63, 3.8) is 0 Å². The summed E-state index contributed by atoms with van der Waals surface area (Å²) in [5, 5.41) is 9.04. The molecule has 0 radical (unpaired) electrons. The Balaban J connectivity index is 2.83. The lowest BCUT2D eigenvalue weighted by Gasteiger charge is -2.04. The highest BCUT2D eigenvalue weighted by atomic mass is 79.9. The second-order valence-corrected chi connectivity index (χ2v) is 2.86. The number of rotatable bonds is 9. The summed E-state index contributed by atoms with van der Waals surface area (Å²) in [5.74, 6) is 0. The summed E-state index contributed by atoms with van der Waals surface area (Å²) in [7, 11) is 0. The summed E-state index contributed by atoms with van der Waals surface area (Å²) >= 11 is 3.24. The summed E-state index contributed by atoms with van der Waals surface area (Å²) in [4.78, 5) is 0. The Bertz CT molecular complexity index is 119. The third-order valence-electron chi connectivity index (χ3n) is 1.10. The van der Waals surface area contributed by atoms with Gasteiger partial charge in [-0.15, -0.1) is 0 Å². The third-order valence-corrected chi connectivity index (χ3v) is 1.42. The van der Waals surface area contributed by atoms with E-state index in [9.17, 15) is 0 Å². The fraction of sp³-hybridized carbons (Fsp3) is 0.750. The Morgan fingerprint density at radius 1 is 1.00 bits per heavy atom. The van der Waals surface area contributed by atoms with Crippen molar-refractivity contribution in [1.82, 2.24) is 0 Å². The first-order chi connectivity index (χ1) is 6.41. The molecular weight excluding hydrogens is 240 g/mol. The smallest absolute Gasteiger partial charge is 0.117 e. The Morgan fingerprint density at radius 3 is 2.23 bits per heavy atom. The molecule has 0 aliphatic heterocycles. The maximum Gasteiger partial charge on any atom is 0.117 e. The van der Waals surface area contributed by atoms with Crippen molar-refractivity contribution in [2.45, 2.75) is 0 Å². The zero-order valence-corrected chi connectivity index (χ0v) is 9.03. The maximum atomic E-state index is 8.20. The standard InChI is InChI=1S/C8H15BrO4/c9-1-3-11-5-7-13-8-6-12-4-2-10/h2,4,10H,1,3,5-8H2. The van der Waals surface area contributed by atoms with Crippen molar-refractivity contribution in [1.29, 1.82) is 0 Å². The average Bonchev–Trinajstić information content (AvgIpc) is 2.16. The van der Waals surface area contributed by atoms with Crippen LogP contribution < -0.4 is 0 Å². The first-order valence-electron chi connectivity index (χ1n) is 4.04. The van der Waals surface area contributed by atoms with E-state index >= 15 is 0 Å². The van der Waals surface area contributed by atoms with Crippen molar-refractivity contribution in [3.8, 4) is 0 Å². The quantitative estimate of drug-likeness (QED) is 0.385. The molecule has 0 heterocycles. The van der Waals surface area contributed by atoms with Crippen LogP contribution in [0, 0.1) is 0 Å². The van der Waals surface area contributed by atoms with Crippen molar-refractivity contribution >= 4 is 15.9 Å². The molecule has 0 fully saturated rings. The van der Waals surface area contributed by atoms with E-state index in [1.54, 1.807) is 0 Å². The molecule has 4 nitrogen and oxygen atoms in total. The molecule has 5 heteroatoms. The fourth-order valence-corrected chi connectivity index (χ4v) is 0.824. The minimum absolute atomic E-state index is 0.440. The van der Waals surface area contributed by atoms with E-state index in [-0.39, 0.29) is 0 Å². The lowest BCUT2D eigenvalue weighted by atomic mass is 10.7. The number of aliphatic hydroxyl groups excluding tert-OH is 1. The van der Waals surface area contributed by atoms with Gasteiger partial charge in [0.25, 0.3) is 0 Å². The van der Waals surface area contributed by atoms with Crippen LogP contribution >= 0.6 is 15.9 Å². The van der Waals surface area contributed by atoms with Gasteiger partial charge in [0, 0.05) is 5.33 Å². The van der Waals surface area contributed by atoms with Gasteiger partial charge in [0.1, 0.15) is 19.1 Å². The Hall–Kier alpha value is -0.260. The zero-order chi connectivity index (χ0) is 9.78. The summed E-state index contributed by atoms with van der Waals surface area (Å²) < 4.78 is 15.1. The van der Waals surface area contributed by atoms with Crippen molar-refractivity contribution in [2.75, 3.05) is 38.4 Å². The molecule has 0 unspecified atom stereocenters. The minimum Gasteiger partial charge on any atom is -0.512 e. The molecule has 0 saturated carbocycles. The molecule has 0 aliphatic rings. The van der Waals surface area contributed by atoms with Gasteiger partial charge in [-0.05, 0) is 0 Å². The molecular formula is C8H15BrO4. The van der Waals surface area contributed by atoms with Crippen molar-refractivity contribution in [2.24, 2.45) is 0 Å². The number of halogens is 1. The van der Waals surface area contributed by atoms with Gasteiger partial charge in [0.2, 0.25) is 0 Å². The van der Waals surface area contributed by atoms with E-state index in [4.69, 9.17) is 19.3 Å². The number of aliphatic hydroxyl groups is 1. The van der Waals surface area contributed by atoms with E-state index < -0.39 is 0 Å². The third kappa shape index (κ3) is 11.7. The van der Waals surface area contributed by atoms with E-state index in [0.717, 1.165) is 11.6 Å². The summed E-state index contributed by atoms with van der Waals surface area (Å²) in [6.07, 6.45) is 2.06. The molecule has 0 bridgehead atoms. The fourth-order valence-electron chi connectivity index (χ4n) is 0.595. The van der Waals surface area contributed by atoms with Crippen LogP contribution in [0.25, 0.3) is 0 Å². The molecule has 0 aromatic carbocycles. The van der Waals surface area contributed by atoms with Gasteiger partial charge in [0.15, 0.2) is 0 Å². The van der Waals surface area contributed by atoms with Gasteiger partial charge >= 0.3 is 0 Å². The Kier molecular flexibility index (Phi) is 11.5. The van der Waals surface area contributed by atoms with Gasteiger partial charge in [-0.3, -0.25) is 0 Å². The van der Waals surface area contributed by atoms with Gasteiger partial charge in [-0.25, -0.2) is 0 Å². The minimum atomic E-state index is 0.440. The van der Waals surface area contributed by atoms with Crippen LogP contribution in [0.1, 0.15) is 0 Å². The van der Waals surface area contributed by atoms with Gasteiger partial charge in [-0.2, -0.15) is 0 Å². The predicted octanol–water partition coefficient (Wildman–Crippen LogP) is 1.46. The zero-order valence-electron chi connectivity index (χ0n) is 7.45. The van der Waals surface area contributed by atoms with Crippen LogP contribution in [-0.4, -0.2) is 43.5 Å². The molecule has 0 amide bonds. The van der Waals surface area contributed by atoms with Crippen molar-refractivity contribution in [3.05, 3.63) is 12.5 Å². The average molecular weight is 255 g/mol. The summed E-state index contributed by atoms with van der Waals surface area (Å²) in [6, 6.07) is 0. The number of hydrogen-bond acceptors (Lipinski definition) is 4. The van der Waals surface area contributed by atoms with Crippen LogP contribution in [0.3, 0.4) is 0 Å². The molecule has 78 valence electrons. The number of hydrogen-bond donors (Lipinski definition) is 1. The largest absolute Gasteiger partial charge is 0.512 e. The molecule has 0 rings (SSSR count). The predicted molar refractivity (Wildman–Crippen MR) is 53.2 cm³/mol. The normalized spacial score (nSPS) is 10.8. The highest BCUT2D eigenvalue weighted by Crippen LogP contribution is 1.84. The van der Waals surface area contributed by atoms with Gasteiger partial charge in [0.05, 0.1) is 26.4 Å². The van der Waals surface area contributed by atoms with E-state index in [0.29, 0.717) is 33.0 Å². The molecule has 0 aromatic heterocycles. The highest BCUT2D eigenvalue weighted by Gasteiger charge is 1.88. The summed E-state index contributed by atoms with van der Waals surface area (Å²) in [5.41, 5.74) is 0. The van der Waals surface area contributed by atoms with Crippen LogP contribution in [0.4, 0.5) is 0 Å². The maximum absolute atomic E-state index is 8.20. The first-order valence-corrected chi connectivity index (χ1v) is 5.16. The molecule has 0 spiro atoms. The van der Waals surface area contributed by atoms with E-state index in [1.807, 2.05) is 0 Å². The van der Waals surface area contributed by atoms with E-state index in [2.05, 4.69) is 15.9 Å². The Labute approximate surface area is 86.6 Å². The lowest BCUT2D eigenvalue weighted by Crippen LogP contribution is -2.08. The molecule has 1 N–H and O–H groups in total. The SMILES string of the molecule is OC=COCCOCCOCCBr. The molecule has 0 atom stereocenters. The van der Waals surface area contributed by atoms with E-state index in [1.165, 1.54) is 6.26 Å². The second kappa shape index (κ2) is 11.7. The number of alkyl halides is 1. The highest BCUT2D eigenvalue weighted by molar-refractivity contribution is 9.09. The van der Waals surface area contributed by atoms with Crippen molar-refractivity contribution < 1.29 is 19.3 Å². The number of ether oxygens (including phenoxy) is 3. The summed E-state index contributed by atoms with van der Waals surface area (Å²) in [6.45, 7) is 2.81. The first kappa shape index (κ1) is 12.7. The van der Waals surface area contributed by atoms with Crippen LogP contribution in [0.2, 0.25) is 0 Å². The van der Waals surface area contributed by atoms with Crippen LogP contribution in [0.5, 0.6) is 0 Å². The molecule has 0 aliphatic carbocycles. The monoisotopic (exact) mass is 254 g/mol. The van der Waals surface area contributed by atoms with Crippen LogP contribution in [-0.2, 0) is 14.2 Å².